The summed E-state index contributed by atoms with van der Waals surface area (Å²) in [6.45, 7) is 4.45. The highest BCUT2D eigenvalue weighted by atomic mass is 32.2. The quantitative estimate of drug-likeness (QED) is 0.763. The van der Waals surface area contributed by atoms with Gasteiger partial charge in [-0.1, -0.05) is 44.2 Å². The van der Waals surface area contributed by atoms with Gasteiger partial charge in [0, 0.05) is 6.54 Å². The van der Waals surface area contributed by atoms with Gasteiger partial charge in [0.1, 0.15) is 5.82 Å². The van der Waals surface area contributed by atoms with Gasteiger partial charge in [-0.3, -0.25) is 19.1 Å². The molecule has 26 heavy (non-hydrogen) atoms. The van der Waals surface area contributed by atoms with E-state index in [4.69, 9.17) is 5.73 Å². The van der Waals surface area contributed by atoms with Crippen molar-refractivity contribution in [3.8, 4) is 0 Å². The summed E-state index contributed by atoms with van der Waals surface area (Å²) in [4.78, 5) is 40.9. The fourth-order valence-electron chi connectivity index (χ4n) is 2.65. The average Bonchev–Trinajstić information content (AvgIpc) is 2.58. The first kappa shape index (κ1) is 19.8. The van der Waals surface area contributed by atoms with Gasteiger partial charge in [-0.25, -0.2) is 4.79 Å². The molecule has 1 aromatic carbocycles. The van der Waals surface area contributed by atoms with E-state index < -0.39 is 11.2 Å². The molecule has 1 amide bonds. The van der Waals surface area contributed by atoms with Crippen LogP contribution in [0.4, 0.5) is 11.5 Å². The lowest BCUT2D eigenvalue weighted by Gasteiger charge is -2.26. The van der Waals surface area contributed by atoms with Crippen molar-refractivity contribution in [2.45, 2.75) is 20.4 Å². The summed E-state index contributed by atoms with van der Waals surface area (Å²) in [5.41, 5.74) is 5.85. The Morgan fingerprint density at radius 3 is 2.50 bits per heavy atom. The number of H-pyrrole nitrogens is 1. The SMILES string of the molecule is CSCC(=O)N(CC(C)C)c1c(N)n(Cc2ccccc2)c(=O)[nH]c1=O. The number of nitrogens with two attached hydrogens (primary N) is 1. The number of hydrogen-bond donors (Lipinski definition) is 2. The second-order valence-electron chi connectivity index (χ2n) is 6.40. The van der Waals surface area contributed by atoms with Crippen molar-refractivity contribution in [2.75, 3.05) is 29.2 Å². The molecule has 0 unspecified atom stereocenters. The summed E-state index contributed by atoms with van der Waals surface area (Å²) >= 11 is 1.37. The summed E-state index contributed by atoms with van der Waals surface area (Å²) in [7, 11) is 0. The van der Waals surface area contributed by atoms with E-state index in [1.165, 1.54) is 21.2 Å². The summed E-state index contributed by atoms with van der Waals surface area (Å²) in [6.07, 6.45) is 1.81. The maximum absolute atomic E-state index is 12.5. The Morgan fingerprint density at radius 1 is 1.27 bits per heavy atom. The van der Waals surface area contributed by atoms with Crippen LogP contribution in [-0.4, -0.2) is 34.0 Å². The lowest BCUT2D eigenvalue weighted by molar-refractivity contribution is -0.116. The third kappa shape index (κ3) is 4.57. The molecule has 140 valence electrons. The van der Waals surface area contributed by atoms with Gasteiger partial charge in [0.05, 0.1) is 12.3 Å². The number of rotatable bonds is 7. The van der Waals surface area contributed by atoms with Crippen molar-refractivity contribution in [1.29, 1.82) is 0 Å². The number of anilines is 2. The van der Waals surface area contributed by atoms with Gasteiger partial charge < -0.3 is 10.6 Å². The molecule has 2 rings (SSSR count). The minimum atomic E-state index is -0.646. The normalized spacial score (nSPS) is 10.9. The van der Waals surface area contributed by atoms with Crippen LogP contribution < -0.4 is 21.9 Å². The van der Waals surface area contributed by atoms with Gasteiger partial charge in [0.2, 0.25) is 5.91 Å². The molecule has 7 nitrogen and oxygen atoms in total. The van der Waals surface area contributed by atoms with E-state index in [0.717, 1.165) is 5.56 Å². The van der Waals surface area contributed by atoms with Crippen molar-refractivity contribution in [1.82, 2.24) is 9.55 Å². The number of aromatic nitrogens is 2. The molecule has 0 radical (unpaired) electrons. The Morgan fingerprint density at radius 2 is 1.92 bits per heavy atom. The number of nitrogens with zero attached hydrogens (tertiary/aromatic N) is 2. The van der Waals surface area contributed by atoms with Crippen molar-refractivity contribution in [3.05, 3.63) is 56.7 Å². The molecule has 1 aromatic heterocycles. The molecule has 0 saturated heterocycles. The fourth-order valence-corrected chi connectivity index (χ4v) is 3.05. The Bertz CT molecular complexity index is 874. The number of amides is 1. The predicted octanol–water partition coefficient (Wildman–Crippen LogP) is 1.52. The minimum Gasteiger partial charge on any atom is -0.383 e. The van der Waals surface area contributed by atoms with Crippen LogP contribution in [0.15, 0.2) is 39.9 Å². The van der Waals surface area contributed by atoms with Crippen molar-refractivity contribution in [2.24, 2.45) is 5.92 Å². The number of benzene rings is 1. The lowest BCUT2D eigenvalue weighted by Crippen LogP contribution is -2.43. The van der Waals surface area contributed by atoms with Gasteiger partial charge >= 0.3 is 5.69 Å². The van der Waals surface area contributed by atoms with Crippen LogP contribution in [0.5, 0.6) is 0 Å². The Balaban J connectivity index is 2.56. The number of nitrogen functional groups attached to an aromatic ring is 1. The molecular formula is C18H24N4O3S. The molecule has 0 atom stereocenters. The predicted molar refractivity (Wildman–Crippen MR) is 107 cm³/mol. The van der Waals surface area contributed by atoms with Crippen LogP contribution in [0.1, 0.15) is 19.4 Å². The second-order valence-corrected chi connectivity index (χ2v) is 7.26. The van der Waals surface area contributed by atoms with Gasteiger partial charge in [-0.2, -0.15) is 11.8 Å². The van der Waals surface area contributed by atoms with Crippen LogP contribution in [0.3, 0.4) is 0 Å². The zero-order valence-corrected chi connectivity index (χ0v) is 16.0. The van der Waals surface area contributed by atoms with E-state index in [9.17, 15) is 14.4 Å². The van der Waals surface area contributed by atoms with Crippen molar-refractivity contribution < 1.29 is 4.79 Å². The van der Waals surface area contributed by atoms with E-state index >= 15 is 0 Å². The summed E-state index contributed by atoms with van der Waals surface area (Å²) in [5.74, 6) is 0.142. The first-order valence-electron chi connectivity index (χ1n) is 8.31. The summed E-state index contributed by atoms with van der Waals surface area (Å²) in [6, 6.07) is 9.31. The van der Waals surface area contributed by atoms with Gasteiger partial charge in [0.25, 0.3) is 5.56 Å². The molecule has 0 fully saturated rings. The van der Waals surface area contributed by atoms with Crippen LogP contribution in [-0.2, 0) is 11.3 Å². The van der Waals surface area contributed by atoms with Crippen molar-refractivity contribution >= 4 is 29.2 Å². The first-order chi connectivity index (χ1) is 12.3. The molecule has 3 N–H and O–H groups in total. The molecular weight excluding hydrogens is 352 g/mol. The number of carbonyl (C=O) groups excluding carboxylic acids is 1. The summed E-state index contributed by atoms with van der Waals surface area (Å²) < 4.78 is 1.28. The number of carbonyl (C=O) groups is 1. The molecule has 0 aliphatic rings. The van der Waals surface area contributed by atoms with E-state index in [1.807, 2.05) is 50.4 Å². The highest BCUT2D eigenvalue weighted by molar-refractivity contribution is 7.99. The topological polar surface area (TPSA) is 101 Å². The lowest BCUT2D eigenvalue weighted by atomic mass is 10.2. The zero-order chi connectivity index (χ0) is 19.3. The molecule has 0 saturated carbocycles. The smallest absolute Gasteiger partial charge is 0.330 e. The number of thioether (sulfide) groups is 1. The third-order valence-electron chi connectivity index (χ3n) is 3.78. The molecule has 0 bridgehead atoms. The average molecular weight is 376 g/mol. The van der Waals surface area contributed by atoms with Crippen molar-refractivity contribution in [3.63, 3.8) is 0 Å². The minimum absolute atomic E-state index is 0.00212. The maximum atomic E-state index is 12.5. The highest BCUT2D eigenvalue weighted by Crippen LogP contribution is 2.20. The first-order valence-corrected chi connectivity index (χ1v) is 9.70. The Labute approximate surface area is 156 Å². The third-order valence-corrected chi connectivity index (χ3v) is 4.32. The van der Waals surface area contributed by atoms with Gasteiger partial charge in [-0.15, -0.1) is 0 Å². The number of nitrogens with one attached hydrogen (secondary N) is 1. The maximum Gasteiger partial charge on any atom is 0.330 e. The zero-order valence-electron chi connectivity index (χ0n) is 15.2. The largest absolute Gasteiger partial charge is 0.383 e. The monoisotopic (exact) mass is 376 g/mol. The molecule has 2 aromatic rings. The molecule has 8 heteroatoms. The Kier molecular flexibility index (Phi) is 6.68. The van der Waals surface area contributed by atoms with Gasteiger partial charge in [0.15, 0.2) is 5.69 Å². The van der Waals surface area contributed by atoms with Crippen LogP contribution >= 0.6 is 11.8 Å². The van der Waals surface area contributed by atoms with Gasteiger partial charge in [-0.05, 0) is 17.7 Å². The van der Waals surface area contributed by atoms with E-state index in [0.29, 0.717) is 6.54 Å². The van der Waals surface area contributed by atoms with Crippen LogP contribution in [0, 0.1) is 5.92 Å². The fraction of sp³-hybridized carbons (Fsp3) is 0.389. The molecule has 1 heterocycles. The number of aromatic amines is 1. The van der Waals surface area contributed by atoms with Crippen LogP contribution in [0.25, 0.3) is 0 Å². The van der Waals surface area contributed by atoms with E-state index in [-0.39, 0.29) is 35.6 Å². The van der Waals surface area contributed by atoms with E-state index in [2.05, 4.69) is 4.98 Å². The molecule has 0 aliphatic carbocycles. The second kappa shape index (κ2) is 8.75. The summed E-state index contributed by atoms with van der Waals surface area (Å²) in [5, 5.41) is 0. The van der Waals surface area contributed by atoms with E-state index in [1.54, 1.807) is 0 Å². The molecule has 0 aliphatic heterocycles. The number of hydrogen-bond acceptors (Lipinski definition) is 5. The Hall–Kier alpha value is -2.48. The standard InChI is InChI=1S/C18H24N4O3S/c1-12(2)9-21(14(23)11-26-3)15-16(19)22(18(25)20-17(15)24)10-13-7-5-4-6-8-13/h4-8,12H,9-11,19H2,1-3H3,(H,20,24,25). The highest BCUT2D eigenvalue weighted by Gasteiger charge is 2.24. The van der Waals surface area contributed by atoms with Crippen LogP contribution in [0.2, 0.25) is 0 Å². The molecule has 0 spiro atoms.